The van der Waals surface area contributed by atoms with Crippen molar-refractivity contribution in [2.75, 3.05) is 11.1 Å². The molecule has 1 amide bonds. The fourth-order valence-corrected chi connectivity index (χ4v) is 5.59. The summed E-state index contributed by atoms with van der Waals surface area (Å²) in [4.78, 5) is 41.6. The molecule has 0 bridgehead atoms. The minimum Gasteiger partial charge on any atom is -0.481 e. The summed E-state index contributed by atoms with van der Waals surface area (Å²) in [6.45, 7) is 3.68. The molecule has 43 heavy (non-hydrogen) atoms. The third kappa shape index (κ3) is 5.02. The molecule has 4 N–H and O–H groups in total. The number of thiazole rings is 1. The lowest BCUT2D eigenvalue weighted by Crippen LogP contribution is -2.37. The number of nitrogens with zero attached hydrogens (tertiary/aromatic N) is 6. The second-order valence-corrected chi connectivity index (χ2v) is 11.7. The quantitative estimate of drug-likeness (QED) is 0.238. The summed E-state index contributed by atoms with van der Waals surface area (Å²) < 4.78 is 80.3. The number of hydrogen-bond acceptors (Lipinski definition) is 9. The number of aryl methyl sites for hydroxylation is 1. The molecule has 0 unspecified atom stereocenters. The number of aromatic nitrogens is 6. The number of nitrogens with one attached hydrogen (secondary N) is 1. The SMILES string of the molecule is CC(C)(Cc1csc([C@]2(C)C(=O)Nc3nc(-c4nn(CCC(F)(F)C(F)(F)F)c5ncc(F)cc45)nc(N)c32)n1)C(=O)O. The first-order chi connectivity index (χ1) is 19.8. The van der Waals surface area contributed by atoms with Gasteiger partial charge < -0.3 is 16.2 Å². The Hall–Kier alpha value is -4.35. The summed E-state index contributed by atoms with van der Waals surface area (Å²) in [6, 6.07) is 0.939. The van der Waals surface area contributed by atoms with Gasteiger partial charge in [0.1, 0.15) is 33.6 Å². The van der Waals surface area contributed by atoms with Crippen molar-refractivity contribution in [3.05, 3.63) is 39.7 Å². The van der Waals surface area contributed by atoms with E-state index in [1.54, 1.807) is 5.38 Å². The second kappa shape index (κ2) is 9.85. The number of pyridine rings is 1. The van der Waals surface area contributed by atoms with Gasteiger partial charge in [-0.1, -0.05) is 0 Å². The van der Waals surface area contributed by atoms with Crippen LogP contribution in [0.2, 0.25) is 0 Å². The number of carbonyl (C=O) groups is 2. The normalized spacial score (nSPS) is 17.4. The first kappa shape index (κ1) is 30.1. The molecule has 4 aromatic heterocycles. The Labute approximate surface area is 242 Å². The minimum atomic E-state index is -5.79. The number of amides is 1. The fraction of sp³-hybridized carbons (Fsp3) is 0.400. The van der Waals surface area contributed by atoms with E-state index in [4.69, 9.17) is 5.73 Å². The van der Waals surface area contributed by atoms with Crippen LogP contribution in [0.1, 0.15) is 43.5 Å². The molecule has 1 aliphatic heterocycles. The molecule has 0 spiro atoms. The van der Waals surface area contributed by atoms with E-state index in [9.17, 15) is 41.0 Å². The molecule has 4 aromatic rings. The topological polar surface area (TPSA) is 162 Å². The van der Waals surface area contributed by atoms with E-state index >= 15 is 0 Å². The third-order valence-corrected chi connectivity index (χ3v) is 8.24. The van der Waals surface area contributed by atoms with Crippen LogP contribution < -0.4 is 11.1 Å². The highest BCUT2D eigenvalue weighted by Crippen LogP contribution is 2.46. The van der Waals surface area contributed by atoms with E-state index in [0.717, 1.165) is 28.3 Å². The number of anilines is 2. The van der Waals surface area contributed by atoms with Crippen LogP contribution in [-0.4, -0.2) is 58.8 Å². The summed E-state index contributed by atoms with van der Waals surface area (Å²) in [5.41, 5.74) is 3.85. The van der Waals surface area contributed by atoms with Gasteiger partial charge in [-0.15, -0.1) is 11.3 Å². The van der Waals surface area contributed by atoms with Gasteiger partial charge in [-0.2, -0.15) is 27.1 Å². The number of carboxylic acids is 1. The lowest BCUT2D eigenvalue weighted by Gasteiger charge is -2.20. The number of fused-ring (bicyclic) bond motifs is 2. The fourth-order valence-electron chi connectivity index (χ4n) is 4.61. The van der Waals surface area contributed by atoms with E-state index in [1.807, 2.05) is 0 Å². The van der Waals surface area contributed by atoms with Crippen LogP contribution >= 0.6 is 11.3 Å². The monoisotopic (exact) mass is 628 g/mol. The molecule has 18 heteroatoms. The van der Waals surface area contributed by atoms with Crippen LogP contribution in [0.4, 0.5) is 38.0 Å². The van der Waals surface area contributed by atoms with Crippen LogP contribution in [0, 0.1) is 11.2 Å². The largest absolute Gasteiger partial charge is 0.481 e. The van der Waals surface area contributed by atoms with Gasteiger partial charge in [0.15, 0.2) is 11.5 Å². The van der Waals surface area contributed by atoms with Gasteiger partial charge in [0.2, 0.25) is 5.91 Å². The van der Waals surface area contributed by atoms with Crippen molar-refractivity contribution in [1.82, 2.24) is 29.7 Å². The molecule has 5 heterocycles. The van der Waals surface area contributed by atoms with E-state index in [1.165, 1.54) is 20.8 Å². The number of aliphatic carboxylic acids is 1. The Morgan fingerprint density at radius 2 is 1.88 bits per heavy atom. The van der Waals surface area contributed by atoms with Gasteiger partial charge in [-0.05, 0) is 26.8 Å². The second-order valence-electron chi connectivity index (χ2n) is 10.8. The number of carbonyl (C=O) groups excluding carboxylic acids is 1. The maximum atomic E-state index is 14.1. The van der Waals surface area contributed by atoms with Crippen molar-refractivity contribution in [3.63, 3.8) is 0 Å². The predicted molar refractivity (Wildman–Crippen MR) is 141 cm³/mol. The lowest BCUT2D eigenvalue weighted by molar-refractivity contribution is -0.285. The van der Waals surface area contributed by atoms with Crippen molar-refractivity contribution in [1.29, 1.82) is 0 Å². The molecular weight excluding hydrogens is 606 g/mol. The van der Waals surface area contributed by atoms with E-state index in [-0.39, 0.29) is 51.2 Å². The number of carboxylic acid groups (broad SMARTS) is 1. The number of halogens is 6. The van der Waals surface area contributed by atoms with Crippen molar-refractivity contribution >= 4 is 45.9 Å². The highest BCUT2D eigenvalue weighted by atomic mass is 32.1. The molecule has 0 aliphatic carbocycles. The average molecular weight is 629 g/mol. The molecule has 5 rings (SSSR count). The van der Waals surface area contributed by atoms with E-state index in [0.29, 0.717) is 5.69 Å². The van der Waals surface area contributed by atoms with Crippen molar-refractivity contribution in [2.45, 2.75) is 57.7 Å². The summed E-state index contributed by atoms with van der Waals surface area (Å²) in [7, 11) is 0. The van der Waals surface area contributed by atoms with Gasteiger partial charge >= 0.3 is 18.1 Å². The predicted octanol–water partition coefficient (Wildman–Crippen LogP) is 4.57. The maximum absolute atomic E-state index is 14.1. The highest BCUT2D eigenvalue weighted by Gasteiger charge is 2.57. The number of nitrogen functional groups attached to an aromatic ring is 1. The molecule has 11 nitrogen and oxygen atoms in total. The molecule has 0 fully saturated rings. The smallest absolute Gasteiger partial charge is 0.453 e. The molecule has 1 atom stereocenters. The Morgan fingerprint density at radius 3 is 2.53 bits per heavy atom. The Morgan fingerprint density at radius 1 is 1.19 bits per heavy atom. The maximum Gasteiger partial charge on any atom is 0.453 e. The summed E-state index contributed by atoms with van der Waals surface area (Å²) >= 11 is 1.11. The molecular formula is C25H22F6N8O3S. The van der Waals surface area contributed by atoms with Crippen LogP contribution in [-0.2, 0) is 28.0 Å². The number of nitrogens with two attached hydrogens (primary N) is 1. The van der Waals surface area contributed by atoms with Gasteiger partial charge in [-0.25, -0.2) is 29.0 Å². The first-order valence-electron chi connectivity index (χ1n) is 12.5. The summed E-state index contributed by atoms with van der Waals surface area (Å²) in [5.74, 6) is -8.00. The Kier molecular flexibility index (Phi) is 6.90. The zero-order chi connectivity index (χ0) is 31.7. The third-order valence-electron chi connectivity index (χ3n) is 7.12. The molecule has 1 aliphatic rings. The van der Waals surface area contributed by atoms with Crippen LogP contribution in [0.15, 0.2) is 17.6 Å². The molecule has 0 aromatic carbocycles. The number of rotatable bonds is 8. The average Bonchev–Trinajstić information content (AvgIpc) is 3.57. The molecule has 0 saturated heterocycles. The highest BCUT2D eigenvalue weighted by molar-refractivity contribution is 7.10. The number of hydrogen-bond donors (Lipinski definition) is 3. The molecule has 0 radical (unpaired) electrons. The Bertz CT molecular complexity index is 1790. The van der Waals surface area contributed by atoms with E-state index < -0.39 is 53.6 Å². The van der Waals surface area contributed by atoms with Crippen LogP contribution in [0.25, 0.3) is 22.6 Å². The van der Waals surface area contributed by atoms with Gasteiger partial charge in [-0.3, -0.25) is 9.59 Å². The van der Waals surface area contributed by atoms with Crippen molar-refractivity contribution in [3.8, 4) is 11.5 Å². The lowest BCUT2D eigenvalue weighted by atomic mass is 9.85. The minimum absolute atomic E-state index is 0.0479. The standard InChI is InChI=1S/C25H22F6N8O3S/c1-22(2,21(41)42)7-11-9-43-20(34-11)23(3)13-15(32)35-17(36-16(13)37-19(23)40)14-12-6-10(26)8-33-18(12)39(38-14)5-4-24(27,28)25(29,30)31/h6,8-9H,4-5,7H2,1-3H3,(H,41,42)(H3,32,35,36,37,40)/t23-/m0/s1. The zero-order valence-corrected chi connectivity index (χ0v) is 23.4. The van der Waals surface area contributed by atoms with Gasteiger partial charge in [0.05, 0.1) is 28.3 Å². The van der Waals surface area contributed by atoms with Crippen molar-refractivity contribution in [2.24, 2.45) is 5.41 Å². The van der Waals surface area contributed by atoms with Gasteiger partial charge in [0.25, 0.3) is 0 Å². The Balaban J connectivity index is 1.55. The molecule has 0 saturated carbocycles. The first-order valence-corrected chi connectivity index (χ1v) is 13.4. The van der Waals surface area contributed by atoms with Gasteiger partial charge in [0, 0.05) is 24.8 Å². The van der Waals surface area contributed by atoms with E-state index in [2.05, 4.69) is 30.4 Å². The molecule has 228 valence electrons. The van der Waals surface area contributed by atoms with Crippen LogP contribution in [0.5, 0.6) is 0 Å². The summed E-state index contributed by atoms with van der Waals surface area (Å²) in [5, 5.41) is 17.9. The zero-order valence-electron chi connectivity index (χ0n) is 22.6. The van der Waals surface area contributed by atoms with Crippen molar-refractivity contribution < 1.29 is 41.0 Å². The van der Waals surface area contributed by atoms with Crippen LogP contribution in [0.3, 0.4) is 0 Å². The summed E-state index contributed by atoms with van der Waals surface area (Å²) in [6.07, 6.45) is -6.61. The number of alkyl halides is 5.